The monoisotopic (exact) mass is 459 g/mol. The van der Waals surface area contributed by atoms with E-state index < -0.39 is 0 Å². The van der Waals surface area contributed by atoms with E-state index in [1.165, 1.54) is 44.1 Å². The highest BCUT2D eigenvalue weighted by Crippen LogP contribution is 2.73. The second-order valence-corrected chi connectivity index (χ2v) is 13.3. The number of hydrogen-bond donors (Lipinski definition) is 1. The Hall–Kier alpha value is -2.29. The number of aromatic hydroxyl groups is 1. The van der Waals surface area contributed by atoms with E-state index in [4.69, 9.17) is 9.73 Å². The summed E-state index contributed by atoms with van der Waals surface area (Å²) in [6.07, 6.45) is 10.8. The summed E-state index contributed by atoms with van der Waals surface area (Å²) >= 11 is 0. The molecule has 3 nitrogen and oxygen atoms in total. The fourth-order valence-corrected chi connectivity index (χ4v) is 8.76. The summed E-state index contributed by atoms with van der Waals surface area (Å²) in [5.41, 5.74) is 4.54. The molecule has 2 aromatic rings. The van der Waals surface area contributed by atoms with Crippen molar-refractivity contribution in [3.63, 3.8) is 0 Å². The molecule has 0 aliphatic heterocycles. The van der Waals surface area contributed by atoms with E-state index in [1.807, 2.05) is 36.5 Å². The van der Waals surface area contributed by atoms with Gasteiger partial charge in [-0.3, -0.25) is 4.99 Å². The number of rotatable bonds is 7. The molecular formula is C31H41NO2. The highest BCUT2D eigenvalue weighted by molar-refractivity contribution is 5.83. The summed E-state index contributed by atoms with van der Waals surface area (Å²) in [7, 11) is 0. The molecule has 6 rings (SSSR count). The Morgan fingerprint density at radius 1 is 0.882 bits per heavy atom. The van der Waals surface area contributed by atoms with Crippen LogP contribution in [0.25, 0.3) is 0 Å². The van der Waals surface area contributed by atoms with Crippen LogP contribution in [0, 0.1) is 22.2 Å². The van der Waals surface area contributed by atoms with Gasteiger partial charge >= 0.3 is 0 Å². The van der Waals surface area contributed by atoms with Crippen LogP contribution >= 0.6 is 0 Å². The Morgan fingerprint density at radius 2 is 1.47 bits per heavy atom. The Bertz CT molecular complexity index is 1030. The lowest BCUT2D eigenvalue weighted by molar-refractivity contribution is -0.152. The number of aliphatic imine (C=N–C) groups is 1. The van der Waals surface area contributed by atoms with E-state index in [2.05, 4.69) is 46.8 Å². The van der Waals surface area contributed by atoms with E-state index in [0.29, 0.717) is 27.9 Å². The maximum Gasteiger partial charge on any atom is 0.141 e. The third-order valence-corrected chi connectivity index (χ3v) is 8.64. The van der Waals surface area contributed by atoms with Crippen molar-refractivity contribution in [3.8, 4) is 11.5 Å². The van der Waals surface area contributed by atoms with Gasteiger partial charge in [0.1, 0.15) is 17.2 Å². The zero-order valence-corrected chi connectivity index (χ0v) is 21.7. The molecular weight excluding hydrogens is 418 g/mol. The first-order valence-electron chi connectivity index (χ1n) is 13.1. The Balaban J connectivity index is 1.36. The van der Waals surface area contributed by atoms with Crippen LogP contribution in [0.1, 0.15) is 90.7 Å². The first-order valence-corrected chi connectivity index (χ1v) is 13.1. The van der Waals surface area contributed by atoms with Gasteiger partial charge in [-0.2, -0.15) is 0 Å². The Morgan fingerprint density at radius 3 is 2.03 bits per heavy atom. The summed E-state index contributed by atoms with van der Waals surface area (Å²) in [5, 5.41) is 10.6. The Kier molecular flexibility index (Phi) is 5.61. The fourth-order valence-electron chi connectivity index (χ4n) is 8.76. The second-order valence-electron chi connectivity index (χ2n) is 13.3. The molecule has 4 fully saturated rings. The van der Waals surface area contributed by atoms with Gasteiger partial charge in [0, 0.05) is 6.21 Å². The van der Waals surface area contributed by atoms with Crippen molar-refractivity contribution in [1.82, 2.24) is 0 Å². The lowest BCUT2D eigenvalue weighted by Gasteiger charge is -2.69. The molecule has 4 aliphatic rings. The highest BCUT2D eigenvalue weighted by atomic mass is 16.5. The van der Waals surface area contributed by atoms with Crippen molar-refractivity contribution < 1.29 is 9.84 Å². The van der Waals surface area contributed by atoms with Crippen molar-refractivity contribution in [1.29, 1.82) is 0 Å². The quantitative estimate of drug-likeness (QED) is 0.424. The third kappa shape index (κ3) is 4.51. The van der Waals surface area contributed by atoms with Gasteiger partial charge in [0.25, 0.3) is 0 Å². The van der Waals surface area contributed by atoms with Gasteiger partial charge in [-0.05, 0) is 120 Å². The fraction of sp³-hybridized carbons (Fsp3) is 0.581. The van der Waals surface area contributed by atoms with Crippen molar-refractivity contribution >= 4 is 11.9 Å². The van der Waals surface area contributed by atoms with Crippen molar-refractivity contribution in [2.24, 2.45) is 27.2 Å². The number of phenolic OH excluding ortho intramolecular Hbond substituents is 1. The molecule has 4 aliphatic carbocycles. The topological polar surface area (TPSA) is 41.8 Å². The van der Waals surface area contributed by atoms with Gasteiger partial charge < -0.3 is 9.84 Å². The first kappa shape index (κ1) is 23.5. The molecule has 0 atom stereocenters. The van der Waals surface area contributed by atoms with Gasteiger partial charge in [0.15, 0.2) is 0 Å². The van der Waals surface area contributed by atoms with Gasteiger partial charge in [-0.1, -0.05) is 40.7 Å². The van der Waals surface area contributed by atoms with E-state index in [1.54, 1.807) is 0 Å². The normalized spacial score (nSPS) is 34.3. The van der Waals surface area contributed by atoms with E-state index in [0.717, 1.165) is 24.3 Å². The molecule has 0 amide bonds. The van der Waals surface area contributed by atoms with Crippen LogP contribution in [0.5, 0.6) is 11.5 Å². The molecule has 4 saturated carbocycles. The highest BCUT2D eigenvalue weighted by Gasteiger charge is 2.64. The van der Waals surface area contributed by atoms with E-state index in [-0.39, 0.29) is 11.2 Å². The first-order chi connectivity index (χ1) is 16.0. The van der Waals surface area contributed by atoms with Crippen LogP contribution in [0.2, 0.25) is 0 Å². The number of phenols is 1. The molecule has 0 heterocycles. The molecule has 3 heteroatoms. The molecule has 0 spiro atoms. The number of nitrogens with zero attached hydrogens (tertiary/aromatic N) is 1. The molecule has 0 radical (unpaired) electrons. The van der Waals surface area contributed by atoms with Gasteiger partial charge in [-0.15, -0.1) is 0 Å². The minimum atomic E-state index is 0.208. The minimum absolute atomic E-state index is 0.208. The molecule has 0 aromatic heterocycles. The maximum absolute atomic E-state index is 10.6. The number of hydrogen-bond acceptors (Lipinski definition) is 3. The minimum Gasteiger partial charge on any atom is -0.506 e. The van der Waals surface area contributed by atoms with E-state index >= 15 is 0 Å². The Labute approximate surface area is 205 Å². The molecule has 182 valence electrons. The predicted molar refractivity (Wildman–Crippen MR) is 140 cm³/mol. The third-order valence-electron chi connectivity index (χ3n) is 8.64. The van der Waals surface area contributed by atoms with E-state index in [9.17, 15) is 5.11 Å². The SMILES string of the molecule is CC(C)CCOc1ccc(C=Nc2cc(C34CC5(C)CC(C)(CC(C)(C5)C3)C4)ccc2O)cc1. The zero-order valence-electron chi connectivity index (χ0n) is 21.7. The summed E-state index contributed by atoms with van der Waals surface area (Å²) in [4.78, 5) is 4.72. The summed E-state index contributed by atoms with van der Waals surface area (Å²) in [5.74, 6) is 1.78. The largest absolute Gasteiger partial charge is 0.506 e. The van der Waals surface area contributed by atoms with Gasteiger partial charge in [0.2, 0.25) is 0 Å². The lowest BCUT2D eigenvalue weighted by atomic mass is 9.35. The molecule has 34 heavy (non-hydrogen) atoms. The smallest absolute Gasteiger partial charge is 0.141 e. The van der Waals surface area contributed by atoms with Crippen LogP contribution in [0.3, 0.4) is 0 Å². The number of benzene rings is 2. The van der Waals surface area contributed by atoms with Crippen LogP contribution < -0.4 is 4.74 Å². The van der Waals surface area contributed by atoms with Crippen LogP contribution in [0.15, 0.2) is 47.5 Å². The average Bonchev–Trinajstić information content (AvgIpc) is 2.70. The standard InChI is InChI=1S/C31H41NO2/c1-22(2)12-13-34-25-9-6-23(7-10-25)15-32-26-14-24(8-11-27(26)33)31-19-28(3)16-29(4,20-31)18-30(5,17-28)21-31/h6-11,14-15,22,33H,12-13,16-21H2,1-5H3. The molecule has 4 bridgehead atoms. The predicted octanol–water partition coefficient (Wildman–Crippen LogP) is 8.21. The number of ether oxygens (including phenoxy) is 1. The molecule has 0 saturated heterocycles. The van der Waals surface area contributed by atoms with Gasteiger partial charge in [0.05, 0.1) is 6.61 Å². The van der Waals surface area contributed by atoms with Crippen LogP contribution in [-0.2, 0) is 5.41 Å². The second kappa shape index (κ2) is 8.14. The zero-order chi connectivity index (χ0) is 24.2. The van der Waals surface area contributed by atoms with Crippen molar-refractivity contribution in [2.45, 2.75) is 85.0 Å². The lowest BCUT2D eigenvalue weighted by Crippen LogP contribution is -2.60. The van der Waals surface area contributed by atoms with Crippen LogP contribution in [0.4, 0.5) is 5.69 Å². The summed E-state index contributed by atoms with van der Waals surface area (Å²) in [6.45, 7) is 12.7. The molecule has 1 N–H and O–H groups in total. The summed E-state index contributed by atoms with van der Waals surface area (Å²) < 4.78 is 5.83. The molecule has 2 aromatic carbocycles. The molecule has 0 unspecified atom stereocenters. The summed E-state index contributed by atoms with van der Waals surface area (Å²) in [6, 6.07) is 14.2. The van der Waals surface area contributed by atoms with Crippen molar-refractivity contribution in [2.75, 3.05) is 6.61 Å². The van der Waals surface area contributed by atoms with Gasteiger partial charge in [-0.25, -0.2) is 0 Å². The van der Waals surface area contributed by atoms with Crippen molar-refractivity contribution in [3.05, 3.63) is 53.6 Å². The maximum atomic E-state index is 10.6. The average molecular weight is 460 g/mol. The van der Waals surface area contributed by atoms with Crippen LogP contribution in [-0.4, -0.2) is 17.9 Å².